The largest absolute Gasteiger partial charge is 0.444 e. The van der Waals surface area contributed by atoms with Crippen LogP contribution in [0.1, 0.15) is 40.5 Å². The van der Waals surface area contributed by atoms with Crippen molar-refractivity contribution in [3.63, 3.8) is 0 Å². The molecule has 0 saturated carbocycles. The van der Waals surface area contributed by atoms with Crippen LogP contribution in [0, 0.1) is 10.1 Å². The maximum Gasteiger partial charge on any atom is 0.407 e. The lowest BCUT2D eigenvalue weighted by Gasteiger charge is -2.39. The Hall–Kier alpha value is -1.90. The lowest BCUT2D eigenvalue weighted by molar-refractivity contribution is -0.385. The molecule has 0 aromatic carbocycles. The Balaban J connectivity index is 2.00. The highest BCUT2D eigenvalue weighted by Gasteiger charge is 2.30. The molecule has 2 unspecified atom stereocenters. The molecule has 8 nitrogen and oxygen atoms in total. The zero-order valence-corrected chi connectivity index (χ0v) is 16.4. The second-order valence-corrected chi connectivity index (χ2v) is 8.02. The molecule has 1 aromatic heterocycles. The van der Waals surface area contributed by atoms with E-state index in [1.54, 1.807) is 0 Å². The summed E-state index contributed by atoms with van der Waals surface area (Å²) < 4.78 is 5.88. The molecular weight excluding hydrogens is 392 g/mol. The van der Waals surface area contributed by atoms with E-state index in [9.17, 15) is 14.9 Å². The first-order valence-electron chi connectivity index (χ1n) is 8.13. The molecule has 0 aliphatic carbocycles. The molecule has 138 valence electrons. The van der Waals surface area contributed by atoms with Gasteiger partial charge in [-0.15, -0.1) is 0 Å². The van der Waals surface area contributed by atoms with Gasteiger partial charge < -0.3 is 15.0 Å². The third-order valence-electron chi connectivity index (χ3n) is 3.89. The summed E-state index contributed by atoms with van der Waals surface area (Å²) in [7, 11) is 0. The first kappa shape index (κ1) is 19.4. The summed E-state index contributed by atoms with van der Waals surface area (Å²) in [6.45, 7) is 8.21. The minimum atomic E-state index is -0.524. The van der Waals surface area contributed by atoms with Crippen LogP contribution in [0.15, 0.2) is 16.7 Å². The van der Waals surface area contributed by atoms with Gasteiger partial charge in [-0.3, -0.25) is 10.1 Å². The molecule has 1 amide bonds. The minimum absolute atomic E-state index is 0.0259. The van der Waals surface area contributed by atoms with E-state index in [1.165, 1.54) is 12.3 Å². The molecule has 2 atom stereocenters. The van der Waals surface area contributed by atoms with E-state index in [2.05, 4.69) is 31.1 Å². The van der Waals surface area contributed by atoms with E-state index >= 15 is 0 Å². The summed E-state index contributed by atoms with van der Waals surface area (Å²) in [5.74, 6) is 0.675. The zero-order chi connectivity index (χ0) is 18.8. The van der Waals surface area contributed by atoms with Gasteiger partial charge >= 0.3 is 6.09 Å². The fourth-order valence-electron chi connectivity index (χ4n) is 2.82. The Bertz CT molecular complexity index is 662. The van der Waals surface area contributed by atoms with Crippen molar-refractivity contribution in [2.45, 2.75) is 58.2 Å². The number of nitrogens with one attached hydrogen (secondary N) is 1. The molecule has 1 aliphatic rings. The number of anilines is 1. The molecule has 9 heteroatoms. The topological polar surface area (TPSA) is 97.6 Å². The molecule has 0 spiro atoms. The van der Waals surface area contributed by atoms with Crippen molar-refractivity contribution in [2.24, 2.45) is 0 Å². The Morgan fingerprint density at radius 2 is 2.20 bits per heavy atom. The summed E-state index contributed by atoms with van der Waals surface area (Å²) in [5, 5.41) is 13.7. The number of pyridine rings is 1. The number of carbonyl (C=O) groups excluding carboxylic acids is 1. The number of rotatable bonds is 3. The Morgan fingerprint density at radius 1 is 1.52 bits per heavy atom. The van der Waals surface area contributed by atoms with E-state index in [0.717, 1.165) is 12.8 Å². The number of hydrogen-bond donors (Lipinski definition) is 1. The number of carbonyl (C=O) groups is 1. The minimum Gasteiger partial charge on any atom is -0.444 e. The quantitative estimate of drug-likeness (QED) is 0.598. The van der Waals surface area contributed by atoms with E-state index in [1.807, 2.05) is 27.7 Å². The van der Waals surface area contributed by atoms with Gasteiger partial charge in [0.25, 0.3) is 5.69 Å². The standard InChI is InChI=1S/C16H23BrN4O4/c1-10-7-11(19-15(22)25-16(2,3)4)5-6-20(10)14-13(17)8-12(9-18-14)21(23)24/h8-11H,5-7H2,1-4H3,(H,19,22). The number of alkyl carbamates (subject to hydrolysis) is 1. The molecule has 2 heterocycles. The normalized spacial score (nSPS) is 20.9. The molecule has 1 aromatic rings. The Morgan fingerprint density at radius 3 is 2.72 bits per heavy atom. The van der Waals surface area contributed by atoms with Crippen LogP contribution < -0.4 is 10.2 Å². The molecule has 1 fully saturated rings. The number of piperidine rings is 1. The third kappa shape index (κ3) is 5.29. The average molecular weight is 415 g/mol. The fourth-order valence-corrected chi connectivity index (χ4v) is 3.39. The maximum atomic E-state index is 11.9. The number of hydrogen-bond acceptors (Lipinski definition) is 6. The van der Waals surface area contributed by atoms with Gasteiger partial charge in [0.1, 0.15) is 17.6 Å². The van der Waals surface area contributed by atoms with Crippen molar-refractivity contribution >= 4 is 33.5 Å². The molecule has 0 radical (unpaired) electrons. The first-order chi connectivity index (χ1) is 11.6. The summed E-state index contributed by atoms with van der Waals surface area (Å²) in [4.78, 5) is 28.6. The van der Waals surface area contributed by atoms with Gasteiger partial charge in [0.05, 0.1) is 9.40 Å². The molecular formula is C16H23BrN4O4. The van der Waals surface area contributed by atoms with E-state index in [0.29, 0.717) is 16.8 Å². The lowest BCUT2D eigenvalue weighted by Crippen LogP contribution is -2.50. The van der Waals surface area contributed by atoms with E-state index < -0.39 is 16.6 Å². The van der Waals surface area contributed by atoms with Crippen LogP contribution in [0.25, 0.3) is 0 Å². The molecule has 25 heavy (non-hydrogen) atoms. The number of nitrogens with zero attached hydrogens (tertiary/aromatic N) is 3. The summed E-state index contributed by atoms with van der Waals surface area (Å²) in [6, 6.07) is 1.61. The second kappa shape index (κ2) is 7.55. The predicted octanol–water partition coefficient (Wildman–Crippen LogP) is 3.63. The Kier molecular flexibility index (Phi) is 5.87. The summed E-state index contributed by atoms with van der Waals surface area (Å²) in [6.07, 6.45) is 2.34. The number of halogens is 1. The fraction of sp³-hybridized carbons (Fsp3) is 0.625. The van der Waals surface area contributed by atoms with Crippen molar-refractivity contribution in [1.82, 2.24) is 10.3 Å². The van der Waals surface area contributed by atoms with Crippen molar-refractivity contribution in [3.05, 3.63) is 26.9 Å². The zero-order valence-electron chi connectivity index (χ0n) is 14.8. The molecule has 1 N–H and O–H groups in total. The highest BCUT2D eigenvalue weighted by molar-refractivity contribution is 9.10. The van der Waals surface area contributed by atoms with Crippen LogP contribution in [0.4, 0.5) is 16.3 Å². The van der Waals surface area contributed by atoms with Crippen molar-refractivity contribution < 1.29 is 14.5 Å². The van der Waals surface area contributed by atoms with Crippen LogP contribution in [0.5, 0.6) is 0 Å². The number of ether oxygens (including phenoxy) is 1. The number of amides is 1. The summed E-state index contributed by atoms with van der Waals surface area (Å²) >= 11 is 3.37. The summed E-state index contributed by atoms with van der Waals surface area (Å²) in [5.41, 5.74) is -0.575. The van der Waals surface area contributed by atoms with Crippen molar-refractivity contribution in [3.8, 4) is 0 Å². The smallest absolute Gasteiger partial charge is 0.407 e. The van der Waals surface area contributed by atoms with Crippen LogP contribution in [-0.2, 0) is 4.74 Å². The second-order valence-electron chi connectivity index (χ2n) is 7.17. The molecule has 2 rings (SSSR count). The SMILES string of the molecule is CC1CC(NC(=O)OC(C)(C)C)CCN1c1ncc([N+](=O)[O-])cc1Br. The lowest BCUT2D eigenvalue weighted by atomic mass is 9.98. The van der Waals surface area contributed by atoms with E-state index in [4.69, 9.17) is 4.74 Å². The average Bonchev–Trinajstić information content (AvgIpc) is 2.45. The number of nitro groups is 1. The van der Waals surface area contributed by atoms with Crippen LogP contribution >= 0.6 is 15.9 Å². The molecule has 0 bridgehead atoms. The van der Waals surface area contributed by atoms with Gasteiger partial charge in [-0.1, -0.05) is 0 Å². The first-order valence-corrected chi connectivity index (χ1v) is 8.92. The molecule has 1 saturated heterocycles. The number of aromatic nitrogens is 1. The predicted molar refractivity (Wildman–Crippen MR) is 97.8 cm³/mol. The maximum absolute atomic E-state index is 11.9. The highest BCUT2D eigenvalue weighted by Crippen LogP contribution is 2.31. The highest BCUT2D eigenvalue weighted by atomic mass is 79.9. The van der Waals surface area contributed by atoms with Gasteiger partial charge in [0.2, 0.25) is 0 Å². The van der Waals surface area contributed by atoms with Gasteiger partial charge in [-0.2, -0.15) is 0 Å². The molecule has 1 aliphatic heterocycles. The van der Waals surface area contributed by atoms with Gasteiger partial charge in [-0.25, -0.2) is 9.78 Å². The van der Waals surface area contributed by atoms with Gasteiger partial charge in [-0.05, 0) is 56.5 Å². The van der Waals surface area contributed by atoms with Gasteiger partial charge in [0, 0.05) is 24.7 Å². The van der Waals surface area contributed by atoms with E-state index in [-0.39, 0.29) is 17.8 Å². The third-order valence-corrected chi connectivity index (χ3v) is 4.47. The van der Waals surface area contributed by atoms with Crippen LogP contribution in [0.3, 0.4) is 0 Å². The van der Waals surface area contributed by atoms with Crippen molar-refractivity contribution in [2.75, 3.05) is 11.4 Å². The van der Waals surface area contributed by atoms with Crippen molar-refractivity contribution in [1.29, 1.82) is 0 Å². The monoisotopic (exact) mass is 414 g/mol. The van der Waals surface area contributed by atoms with Gasteiger partial charge in [0.15, 0.2) is 0 Å². The van der Waals surface area contributed by atoms with Crippen LogP contribution in [-0.4, -0.2) is 40.2 Å². The Labute approximate surface area is 155 Å². The van der Waals surface area contributed by atoms with Crippen LogP contribution in [0.2, 0.25) is 0 Å².